The molecule has 0 unspecified atom stereocenters. The Morgan fingerprint density at radius 1 is 1.17 bits per heavy atom. The van der Waals surface area contributed by atoms with E-state index in [9.17, 15) is 9.90 Å². The minimum Gasteiger partial charge on any atom is -0.545 e. The number of hydrogen-bond donors (Lipinski definition) is 0. The highest BCUT2D eigenvalue weighted by atomic mass is 79.9. The lowest BCUT2D eigenvalue weighted by Crippen LogP contribution is -2.22. The molecule has 0 aliphatic carbocycles. The van der Waals surface area contributed by atoms with E-state index in [0.29, 0.717) is 6.61 Å². The van der Waals surface area contributed by atoms with Crippen LogP contribution in [0.5, 0.6) is 5.75 Å². The fourth-order valence-corrected chi connectivity index (χ4v) is 1.91. The second kappa shape index (κ2) is 5.69. The molecule has 0 aliphatic heterocycles. The number of carbonyl (C=O) groups is 1. The third kappa shape index (κ3) is 3.11. The molecule has 2 aromatic carbocycles. The zero-order chi connectivity index (χ0) is 13.0. The van der Waals surface area contributed by atoms with Crippen molar-refractivity contribution in [1.29, 1.82) is 0 Å². The van der Waals surface area contributed by atoms with Crippen molar-refractivity contribution in [3.8, 4) is 5.75 Å². The lowest BCUT2D eigenvalue weighted by molar-refractivity contribution is -0.255. The van der Waals surface area contributed by atoms with Crippen molar-refractivity contribution in [3.63, 3.8) is 0 Å². The highest BCUT2D eigenvalue weighted by Gasteiger charge is 2.01. The first kappa shape index (κ1) is 12.6. The Morgan fingerprint density at radius 3 is 2.67 bits per heavy atom. The molecule has 0 saturated carbocycles. The molecule has 0 fully saturated rings. The van der Waals surface area contributed by atoms with E-state index in [4.69, 9.17) is 4.74 Å². The van der Waals surface area contributed by atoms with Crippen LogP contribution in [0.15, 0.2) is 53.0 Å². The van der Waals surface area contributed by atoms with Crippen LogP contribution in [0.2, 0.25) is 0 Å². The van der Waals surface area contributed by atoms with Crippen molar-refractivity contribution in [2.75, 3.05) is 0 Å². The summed E-state index contributed by atoms with van der Waals surface area (Å²) in [6.07, 6.45) is 0. The second-order valence-corrected chi connectivity index (χ2v) is 4.56. The Bertz CT molecular complexity index is 566. The van der Waals surface area contributed by atoms with Crippen LogP contribution in [0.25, 0.3) is 0 Å². The van der Waals surface area contributed by atoms with Crippen molar-refractivity contribution in [2.45, 2.75) is 6.61 Å². The minimum atomic E-state index is -1.18. The average Bonchev–Trinajstić information content (AvgIpc) is 2.38. The Kier molecular flexibility index (Phi) is 3.99. The van der Waals surface area contributed by atoms with E-state index < -0.39 is 5.97 Å². The molecule has 0 spiro atoms. The van der Waals surface area contributed by atoms with E-state index in [2.05, 4.69) is 15.9 Å². The number of halogens is 1. The fourth-order valence-electron chi connectivity index (χ4n) is 1.51. The maximum atomic E-state index is 10.7. The zero-order valence-electron chi connectivity index (χ0n) is 9.43. The normalized spacial score (nSPS) is 10.1. The molecule has 92 valence electrons. The third-order valence-corrected chi connectivity index (χ3v) is 3.05. The van der Waals surface area contributed by atoms with Crippen molar-refractivity contribution in [2.24, 2.45) is 0 Å². The molecule has 0 bridgehead atoms. The van der Waals surface area contributed by atoms with Gasteiger partial charge in [0.05, 0.1) is 10.4 Å². The summed E-state index contributed by atoms with van der Waals surface area (Å²) in [4.78, 5) is 10.7. The molecule has 0 saturated heterocycles. The topological polar surface area (TPSA) is 49.4 Å². The van der Waals surface area contributed by atoms with Gasteiger partial charge in [0.2, 0.25) is 0 Å². The number of benzene rings is 2. The monoisotopic (exact) mass is 305 g/mol. The molecule has 0 atom stereocenters. The number of aromatic carboxylic acids is 1. The number of ether oxygens (including phenoxy) is 1. The van der Waals surface area contributed by atoms with Gasteiger partial charge in [-0.05, 0) is 45.3 Å². The van der Waals surface area contributed by atoms with E-state index in [-0.39, 0.29) is 5.56 Å². The molecule has 0 N–H and O–H groups in total. The van der Waals surface area contributed by atoms with E-state index in [1.807, 2.05) is 30.3 Å². The quantitative estimate of drug-likeness (QED) is 0.871. The highest BCUT2D eigenvalue weighted by molar-refractivity contribution is 9.10. The first-order valence-electron chi connectivity index (χ1n) is 5.34. The highest BCUT2D eigenvalue weighted by Crippen LogP contribution is 2.24. The van der Waals surface area contributed by atoms with Gasteiger partial charge in [-0.2, -0.15) is 0 Å². The molecule has 2 rings (SSSR count). The summed E-state index contributed by atoms with van der Waals surface area (Å²) in [6.45, 7) is 0.309. The number of carbonyl (C=O) groups excluding carboxylic acids is 1. The molecule has 0 aliphatic rings. The summed E-state index contributed by atoms with van der Waals surface area (Å²) in [7, 11) is 0. The van der Waals surface area contributed by atoms with Crippen molar-refractivity contribution in [1.82, 2.24) is 0 Å². The molecule has 2 aromatic rings. The van der Waals surface area contributed by atoms with Gasteiger partial charge in [0.25, 0.3) is 0 Å². The van der Waals surface area contributed by atoms with Crippen LogP contribution in [-0.2, 0) is 6.61 Å². The van der Waals surface area contributed by atoms with Crippen LogP contribution >= 0.6 is 15.9 Å². The molecule has 0 aromatic heterocycles. The Balaban J connectivity index is 2.09. The van der Waals surface area contributed by atoms with Gasteiger partial charge in [0.1, 0.15) is 12.4 Å². The lowest BCUT2D eigenvalue weighted by Gasteiger charge is -2.09. The number of carboxylic acid groups (broad SMARTS) is 1. The van der Waals surface area contributed by atoms with Gasteiger partial charge < -0.3 is 14.6 Å². The number of para-hydroxylation sites is 1. The summed E-state index contributed by atoms with van der Waals surface area (Å²) in [5.74, 6) is -0.464. The smallest absolute Gasteiger partial charge is 0.133 e. The van der Waals surface area contributed by atoms with Gasteiger partial charge in [-0.1, -0.05) is 30.3 Å². The van der Waals surface area contributed by atoms with E-state index in [1.54, 1.807) is 12.1 Å². The number of hydrogen-bond acceptors (Lipinski definition) is 3. The molecule has 0 amide bonds. The van der Waals surface area contributed by atoms with Gasteiger partial charge in [-0.25, -0.2) is 0 Å². The van der Waals surface area contributed by atoms with Crippen molar-refractivity contribution >= 4 is 21.9 Å². The van der Waals surface area contributed by atoms with Crippen LogP contribution in [0.3, 0.4) is 0 Å². The number of rotatable bonds is 4. The summed E-state index contributed by atoms with van der Waals surface area (Å²) < 4.78 is 6.46. The molecule has 18 heavy (non-hydrogen) atoms. The van der Waals surface area contributed by atoms with E-state index in [1.165, 1.54) is 6.07 Å². The SMILES string of the molecule is O=C([O-])c1cccc(COc2ccccc2Br)c1. The molecule has 0 heterocycles. The molecular formula is C14H10BrO3-. The van der Waals surface area contributed by atoms with E-state index in [0.717, 1.165) is 15.8 Å². The average molecular weight is 306 g/mol. The summed E-state index contributed by atoms with van der Waals surface area (Å²) in [5, 5.41) is 10.7. The van der Waals surface area contributed by atoms with Gasteiger partial charge in [-0.3, -0.25) is 0 Å². The minimum absolute atomic E-state index is 0.156. The lowest BCUT2D eigenvalue weighted by atomic mass is 10.1. The second-order valence-electron chi connectivity index (χ2n) is 3.71. The third-order valence-electron chi connectivity index (χ3n) is 2.39. The zero-order valence-corrected chi connectivity index (χ0v) is 11.0. The first-order valence-corrected chi connectivity index (χ1v) is 6.14. The Hall–Kier alpha value is -1.81. The molecule has 3 nitrogen and oxygen atoms in total. The maximum Gasteiger partial charge on any atom is 0.133 e. The molecule has 0 radical (unpaired) electrons. The van der Waals surface area contributed by atoms with Crippen LogP contribution in [0.4, 0.5) is 0 Å². The van der Waals surface area contributed by atoms with E-state index >= 15 is 0 Å². The van der Waals surface area contributed by atoms with Gasteiger partial charge >= 0.3 is 0 Å². The Labute approximate surface area is 113 Å². The van der Waals surface area contributed by atoms with Crippen LogP contribution in [0, 0.1) is 0 Å². The summed E-state index contributed by atoms with van der Waals surface area (Å²) >= 11 is 3.38. The summed E-state index contributed by atoms with van der Waals surface area (Å²) in [5.41, 5.74) is 0.940. The van der Waals surface area contributed by atoms with Crippen molar-refractivity contribution < 1.29 is 14.6 Å². The molecular weight excluding hydrogens is 296 g/mol. The van der Waals surface area contributed by atoms with Crippen LogP contribution in [-0.4, -0.2) is 5.97 Å². The maximum absolute atomic E-state index is 10.7. The van der Waals surface area contributed by atoms with Gasteiger partial charge in [0, 0.05) is 0 Å². The predicted octanol–water partition coefficient (Wildman–Crippen LogP) is 2.39. The van der Waals surface area contributed by atoms with Crippen LogP contribution in [0.1, 0.15) is 15.9 Å². The first-order chi connectivity index (χ1) is 8.66. The fraction of sp³-hybridized carbons (Fsp3) is 0.0714. The Morgan fingerprint density at radius 2 is 1.94 bits per heavy atom. The standard InChI is InChI=1S/C14H11BrO3/c15-12-6-1-2-7-13(12)18-9-10-4-3-5-11(8-10)14(16)17/h1-8H,9H2,(H,16,17)/p-1. The van der Waals surface area contributed by atoms with Gasteiger partial charge in [0.15, 0.2) is 0 Å². The number of carboxylic acids is 1. The molecule has 4 heteroatoms. The van der Waals surface area contributed by atoms with Crippen molar-refractivity contribution in [3.05, 3.63) is 64.1 Å². The summed E-state index contributed by atoms with van der Waals surface area (Å²) in [6, 6.07) is 14.0. The predicted molar refractivity (Wildman–Crippen MR) is 69.2 cm³/mol. The van der Waals surface area contributed by atoms with Gasteiger partial charge in [-0.15, -0.1) is 0 Å². The largest absolute Gasteiger partial charge is 0.545 e. The van der Waals surface area contributed by atoms with Crippen LogP contribution < -0.4 is 9.84 Å².